The predicted octanol–water partition coefficient (Wildman–Crippen LogP) is 9.42. The van der Waals surface area contributed by atoms with Crippen LogP contribution in [0.15, 0.2) is 186 Å². The van der Waals surface area contributed by atoms with Gasteiger partial charge in [0.05, 0.1) is 0 Å². The minimum absolute atomic E-state index is 0.0126. The van der Waals surface area contributed by atoms with Gasteiger partial charge in [-0.05, 0) is 143 Å². The monoisotopic (exact) mass is 997 g/mol. The minimum Gasteiger partial charge on any atom is -0.458 e. The standard InChI is InChI=1S/C69H51B4N3O2/c1-37(2)40-33-43(38(3)4)61(44(34-40)39(5)6)72-49-24-12-18-30-59(49)77-60-36-57-50(35-51(60)72)71-47-22-10-14-26-53(47)75-56-32-31-42-41-19-7-17-29-58(41)78-69(42)62(56)73-48-23-11-16-28-55(48)74-52-25-13-8-20-45(52)70-46-21-9-15-27-54(46)76(57)66-63(70)67(74)65(73)68(75)64(66)71/h7-39H,1-6H3. The van der Waals surface area contributed by atoms with E-state index in [0.29, 0.717) is 17.8 Å². The lowest BCUT2D eigenvalue weighted by molar-refractivity contribution is 0.487. The molecule has 9 heteroatoms. The molecule has 0 atom stereocenters. The molecule has 0 radical (unpaired) electrons. The molecule has 1 aromatic heterocycles. The van der Waals surface area contributed by atoms with Crippen LogP contribution in [-0.2, 0) is 0 Å². The molecule has 0 fully saturated rings. The molecule has 0 unspecified atom stereocenters. The molecule has 7 aliphatic rings. The molecule has 366 valence electrons. The number of nitrogens with zero attached hydrogens (tertiary/aromatic N) is 3. The Morgan fingerprint density at radius 1 is 0.333 bits per heavy atom. The van der Waals surface area contributed by atoms with Gasteiger partial charge in [0, 0.05) is 68.0 Å². The molecule has 7 aliphatic heterocycles. The van der Waals surface area contributed by atoms with Crippen LogP contribution in [0.3, 0.4) is 0 Å². The zero-order chi connectivity index (χ0) is 51.7. The zero-order valence-electron chi connectivity index (χ0n) is 44.5. The van der Waals surface area contributed by atoms with Crippen molar-refractivity contribution in [3.63, 3.8) is 0 Å². The highest BCUT2D eigenvalue weighted by Gasteiger charge is 2.58. The normalized spacial score (nSPS) is 14.8. The van der Waals surface area contributed by atoms with Crippen molar-refractivity contribution >= 4 is 166 Å². The van der Waals surface area contributed by atoms with Gasteiger partial charge in [-0.3, -0.25) is 0 Å². The van der Waals surface area contributed by atoms with Crippen LogP contribution >= 0.6 is 0 Å². The van der Waals surface area contributed by atoms with Gasteiger partial charge in [0.1, 0.15) is 22.7 Å². The Morgan fingerprint density at radius 3 is 1.40 bits per heavy atom. The SMILES string of the molecule is CC(C)c1cc(C(C)C)c(B2c3ccccc3Oc3cc4c(cc32)B2c3ccccc3N3c5ccc6c(oc7ccccc76)c5B5c6ccccc6N6c7ccccc7B7c8ccccc8N4c4c7c6c5c3c42)c(C(C)C)c1. The predicted molar refractivity (Wildman–Crippen MR) is 332 cm³/mol. The Bertz CT molecular complexity index is 4530. The number of hydrogen-bond acceptors (Lipinski definition) is 5. The van der Waals surface area contributed by atoms with Crippen molar-refractivity contribution in [1.82, 2.24) is 0 Å². The van der Waals surface area contributed by atoms with Crippen LogP contribution in [0.2, 0.25) is 0 Å². The lowest BCUT2D eigenvalue weighted by Gasteiger charge is -2.55. The molecule has 5 nitrogen and oxygen atoms in total. The molecule has 0 bridgehead atoms. The highest BCUT2D eigenvalue weighted by atomic mass is 16.5. The second-order valence-corrected chi connectivity index (χ2v) is 23.9. The average molecular weight is 997 g/mol. The summed E-state index contributed by atoms with van der Waals surface area (Å²) in [4.78, 5) is 8.00. The molecule has 0 saturated heterocycles. The van der Waals surface area contributed by atoms with Gasteiger partial charge in [0.25, 0.3) is 26.9 Å². The van der Waals surface area contributed by atoms with E-state index in [1.807, 2.05) is 0 Å². The molecule has 0 N–H and O–H groups in total. The quantitative estimate of drug-likeness (QED) is 0.164. The van der Waals surface area contributed by atoms with Crippen LogP contribution < -0.4 is 85.0 Å². The summed E-state index contributed by atoms with van der Waals surface area (Å²) < 4.78 is 14.6. The Kier molecular flexibility index (Phi) is 8.45. The van der Waals surface area contributed by atoms with Gasteiger partial charge >= 0.3 is 0 Å². The second-order valence-electron chi connectivity index (χ2n) is 23.9. The van der Waals surface area contributed by atoms with Gasteiger partial charge < -0.3 is 23.9 Å². The van der Waals surface area contributed by atoms with Crippen LogP contribution in [0.25, 0.3) is 21.9 Å². The Balaban J connectivity index is 1.01. The van der Waals surface area contributed by atoms with Crippen molar-refractivity contribution < 1.29 is 9.15 Å². The molecule has 0 spiro atoms. The van der Waals surface area contributed by atoms with E-state index in [1.165, 1.54) is 133 Å². The summed E-state index contributed by atoms with van der Waals surface area (Å²) in [5.41, 5.74) is 33.2. The fourth-order valence-corrected chi connectivity index (χ4v) is 15.9. The number of hydrogen-bond donors (Lipinski definition) is 0. The van der Waals surface area contributed by atoms with E-state index in [1.54, 1.807) is 0 Å². The Labute approximate surface area is 456 Å². The molecule has 0 aliphatic carbocycles. The summed E-state index contributed by atoms with van der Waals surface area (Å²) in [6.45, 7) is 13.9. The summed E-state index contributed by atoms with van der Waals surface area (Å²) in [7, 11) is 0. The lowest BCUT2D eigenvalue weighted by Crippen LogP contribution is -2.75. The molecule has 0 amide bonds. The molecular formula is C69H51B4N3O2. The van der Waals surface area contributed by atoms with Crippen LogP contribution in [0.5, 0.6) is 11.5 Å². The number of fused-ring (bicyclic) bond motifs is 24. The number of benzene rings is 10. The summed E-state index contributed by atoms with van der Waals surface area (Å²) in [5.74, 6) is 2.91. The third kappa shape index (κ3) is 5.24. The third-order valence-electron chi connectivity index (χ3n) is 19.1. The van der Waals surface area contributed by atoms with E-state index >= 15 is 0 Å². The molecule has 10 aromatic carbocycles. The Morgan fingerprint density at radius 2 is 0.808 bits per heavy atom. The summed E-state index contributed by atoms with van der Waals surface area (Å²) in [6.07, 6.45) is 0. The first-order valence-electron chi connectivity index (χ1n) is 28.3. The first-order valence-corrected chi connectivity index (χ1v) is 28.3. The van der Waals surface area contributed by atoms with Crippen LogP contribution in [0, 0.1) is 0 Å². The molecule has 78 heavy (non-hydrogen) atoms. The number of ether oxygens (including phenoxy) is 1. The lowest BCUT2D eigenvalue weighted by atomic mass is 9.24. The molecule has 8 heterocycles. The van der Waals surface area contributed by atoms with E-state index in [9.17, 15) is 0 Å². The van der Waals surface area contributed by atoms with Crippen molar-refractivity contribution in [2.75, 3.05) is 14.7 Å². The van der Waals surface area contributed by atoms with Crippen LogP contribution in [-0.4, -0.2) is 26.9 Å². The first kappa shape index (κ1) is 43.5. The van der Waals surface area contributed by atoms with E-state index in [-0.39, 0.29) is 26.9 Å². The van der Waals surface area contributed by atoms with Gasteiger partial charge in [-0.1, -0.05) is 174 Å². The van der Waals surface area contributed by atoms with Crippen molar-refractivity contribution in [3.05, 3.63) is 199 Å². The first-order chi connectivity index (χ1) is 38.2. The summed E-state index contributed by atoms with van der Waals surface area (Å²) in [6, 6.07) is 69.4. The van der Waals surface area contributed by atoms with Gasteiger partial charge in [0.2, 0.25) is 0 Å². The topological polar surface area (TPSA) is 32.1 Å². The molecular weight excluding hydrogens is 946 g/mol. The van der Waals surface area contributed by atoms with Crippen molar-refractivity contribution in [2.45, 2.75) is 59.3 Å². The maximum absolute atomic E-state index is 7.36. The average Bonchev–Trinajstić information content (AvgIpc) is 2.15. The van der Waals surface area contributed by atoms with Crippen molar-refractivity contribution in [3.8, 4) is 11.5 Å². The molecule has 11 aromatic rings. The molecule has 0 saturated carbocycles. The van der Waals surface area contributed by atoms with Crippen LogP contribution in [0.1, 0.15) is 76.0 Å². The molecule has 18 rings (SSSR count). The van der Waals surface area contributed by atoms with E-state index < -0.39 is 0 Å². The highest BCUT2D eigenvalue weighted by molar-refractivity contribution is 7.09. The Hall–Kier alpha value is -8.54. The zero-order valence-corrected chi connectivity index (χ0v) is 44.5. The van der Waals surface area contributed by atoms with Crippen molar-refractivity contribution in [1.29, 1.82) is 0 Å². The van der Waals surface area contributed by atoms with Crippen molar-refractivity contribution in [2.24, 2.45) is 0 Å². The van der Waals surface area contributed by atoms with Crippen LogP contribution in [0.4, 0.5) is 51.2 Å². The number of anilines is 9. The van der Waals surface area contributed by atoms with E-state index in [4.69, 9.17) is 9.15 Å². The summed E-state index contributed by atoms with van der Waals surface area (Å²) >= 11 is 0. The minimum atomic E-state index is -0.112. The van der Waals surface area contributed by atoms with Gasteiger partial charge in [-0.15, -0.1) is 0 Å². The smallest absolute Gasteiger partial charge is 0.256 e. The van der Waals surface area contributed by atoms with Gasteiger partial charge in [-0.25, -0.2) is 0 Å². The highest BCUT2D eigenvalue weighted by Crippen LogP contribution is 2.52. The fourth-order valence-electron chi connectivity index (χ4n) is 15.9. The van der Waals surface area contributed by atoms with Gasteiger partial charge in [-0.2, -0.15) is 0 Å². The van der Waals surface area contributed by atoms with Gasteiger partial charge in [0.15, 0.2) is 0 Å². The van der Waals surface area contributed by atoms with E-state index in [2.05, 4.69) is 238 Å². The largest absolute Gasteiger partial charge is 0.458 e. The maximum Gasteiger partial charge on any atom is 0.256 e. The maximum atomic E-state index is 7.36. The van der Waals surface area contributed by atoms with E-state index in [0.717, 1.165) is 33.4 Å². The fraction of sp³-hybridized carbons (Fsp3) is 0.130. The number of para-hydroxylation sites is 6. The summed E-state index contributed by atoms with van der Waals surface area (Å²) in [5, 5.41) is 2.31. The number of rotatable bonds is 4. The second kappa shape index (κ2) is 15.1. The third-order valence-corrected chi connectivity index (χ3v) is 19.1. The number of furan rings is 1.